The molecule has 2 aromatic heterocycles. The molecule has 8 heteroatoms. The molecule has 1 aromatic carbocycles. The summed E-state index contributed by atoms with van der Waals surface area (Å²) in [7, 11) is 0. The smallest absolute Gasteiger partial charge is 0.274 e. The number of nitrogens with zero attached hydrogens (tertiary/aromatic N) is 5. The number of rotatable bonds is 6. The molecule has 1 aliphatic rings. The van der Waals surface area contributed by atoms with Gasteiger partial charge in [-0.1, -0.05) is 47.5 Å². The van der Waals surface area contributed by atoms with Crippen molar-refractivity contribution in [2.45, 2.75) is 63.4 Å². The average molecular weight is 423 g/mol. The van der Waals surface area contributed by atoms with Crippen LogP contribution in [0.5, 0.6) is 0 Å². The Morgan fingerprint density at radius 2 is 1.77 bits per heavy atom. The Hall–Kier alpha value is -2.74. The maximum atomic E-state index is 13.0. The van der Waals surface area contributed by atoms with Gasteiger partial charge in [-0.3, -0.25) is 4.79 Å². The number of hydrogen-bond donors (Lipinski definition) is 1. The first-order valence-electron chi connectivity index (χ1n) is 10.3. The lowest BCUT2D eigenvalue weighted by Gasteiger charge is -2.12. The topological polar surface area (TPSA) is 85.6 Å². The zero-order valence-electron chi connectivity index (χ0n) is 17.6. The molecule has 1 amide bonds. The molecule has 30 heavy (non-hydrogen) atoms. The van der Waals surface area contributed by atoms with Crippen LogP contribution in [0.3, 0.4) is 0 Å². The zero-order valence-corrected chi connectivity index (χ0v) is 18.4. The first-order chi connectivity index (χ1) is 14.5. The predicted octanol–water partition coefficient (Wildman–Crippen LogP) is 3.95. The zero-order chi connectivity index (χ0) is 21.1. The Balaban J connectivity index is 1.64. The minimum absolute atomic E-state index is 0.155. The van der Waals surface area contributed by atoms with Crippen molar-refractivity contribution >= 4 is 17.7 Å². The van der Waals surface area contributed by atoms with Crippen LogP contribution >= 0.6 is 11.8 Å². The van der Waals surface area contributed by atoms with Crippen molar-refractivity contribution < 1.29 is 4.79 Å². The van der Waals surface area contributed by atoms with Crippen molar-refractivity contribution in [2.75, 3.05) is 0 Å². The Bertz CT molecular complexity index is 1020. The van der Waals surface area contributed by atoms with Gasteiger partial charge in [-0.25, -0.2) is 14.6 Å². The predicted molar refractivity (Wildman–Crippen MR) is 117 cm³/mol. The van der Waals surface area contributed by atoms with Gasteiger partial charge in [0, 0.05) is 23.2 Å². The van der Waals surface area contributed by atoms with Crippen LogP contribution in [0.25, 0.3) is 5.69 Å². The van der Waals surface area contributed by atoms with Gasteiger partial charge in [0.25, 0.3) is 5.91 Å². The van der Waals surface area contributed by atoms with Crippen LogP contribution in [0, 0.1) is 20.8 Å². The molecule has 0 aliphatic heterocycles. The molecule has 0 bridgehead atoms. The number of carbonyl (C=O) groups excluding carboxylic acids is 1. The van der Waals surface area contributed by atoms with E-state index in [-0.39, 0.29) is 11.9 Å². The minimum Gasteiger partial charge on any atom is -0.348 e. The van der Waals surface area contributed by atoms with Crippen molar-refractivity contribution in [3.8, 4) is 5.69 Å². The highest BCUT2D eigenvalue weighted by molar-refractivity contribution is 7.98. The molecular formula is C22H26N6OS. The van der Waals surface area contributed by atoms with E-state index < -0.39 is 0 Å². The molecule has 0 unspecified atom stereocenters. The Morgan fingerprint density at radius 1 is 1.10 bits per heavy atom. The summed E-state index contributed by atoms with van der Waals surface area (Å²) in [5.74, 6) is 0.342. The number of carbonyl (C=O) groups is 1. The number of nitrogens with one attached hydrogen (secondary N) is 1. The molecule has 7 nitrogen and oxygen atoms in total. The van der Waals surface area contributed by atoms with Crippen LogP contribution in [0.4, 0.5) is 0 Å². The molecular weight excluding hydrogens is 396 g/mol. The van der Waals surface area contributed by atoms with Gasteiger partial charge in [0.1, 0.15) is 0 Å². The molecule has 3 aromatic rings. The van der Waals surface area contributed by atoms with E-state index in [1.165, 1.54) is 11.8 Å². The maximum Gasteiger partial charge on any atom is 0.274 e. The standard InChI is InChI=1S/C22H26N6OS/c1-14-8-10-18(11-9-14)28-19(13-30-22-23-15(2)12-16(3)24-22)20(26-27-28)21(29)25-17-6-4-5-7-17/h8-12,17H,4-7,13H2,1-3H3,(H,25,29). The number of hydrogen-bond acceptors (Lipinski definition) is 6. The van der Waals surface area contributed by atoms with Crippen LogP contribution in [0.15, 0.2) is 35.5 Å². The number of benzene rings is 1. The second kappa shape index (κ2) is 8.95. The molecule has 1 aliphatic carbocycles. The normalized spacial score (nSPS) is 14.2. The second-order valence-corrected chi connectivity index (χ2v) is 8.75. The average Bonchev–Trinajstić information content (AvgIpc) is 3.36. The number of amides is 1. The van der Waals surface area contributed by atoms with Crippen molar-refractivity contribution in [1.82, 2.24) is 30.3 Å². The number of aryl methyl sites for hydroxylation is 3. The molecule has 1 N–H and O–H groups in total. The Morgan fingerprint density at radius 3 is 2.43 bits per heavy atom. The minimum atomic E-state index is -0.155. The summed E-state index contributed by atoms with van der Waals surface area (Å²) in [5.41, 5.74) is 5.02. The molecule has 1 fully saturated rings. The third-order valence-electron chi connectivity index (χ3n) is 5.25. The van der Waals surface area contributed by atoms with E-state index in [1.807, 2.05) is 51.1 Å². The molecule has 1 saturated carbocycles. The second-order valence-electron chi connectivity index (χ2n) is 7.81. The Kier molecular flexibility index (Phi) is 6.13. The highest BCUT2D eigenvalue weighted by atomic mass is 32.2. The highest BCUT2D eigenvalue weighted by Gasteiger charge is 2.24. The Labute approximate surface area is 180 Å². The summed E-state index contributed by atoms with van der Waals surface area (Å²) < 4.78 is 1.75. The molecule has 0 radical (unpaired) electrons. The lowest BCUT2D eigenvalue weighted by Crippen LogP contribution is -2.33. The van der Waals surface area contributed by atoms with Crippen molar-refractivity contribution in [1.29, 1.82) is 0 Å². The van der Waals surface area contributed by atoms with Gasteiger partial charge in [0.15, 0.2) is 10.9 Å². The summed E-state index contributed by atoms with van der Waals surface area (Å²) >= 11 is 1.49. The first-order valence-corrected chi connectivity index (χ1v) is 11.3. The summed E-state index contributed by atoms with van der Waals surface area (Å²) in [5, 5.41) is 12.4. The van der Waals surface area contributed by atoms with Crippen molar-refractivity contribution in [3.05, 3.63) is 58.7 Å². The van der Waals surface area contributed by atoms with Crippen LogP contribution in [0.1, 0.15) is 58.8 Å². The van der Waals surface area contributed by atoms with Gasteiger partial charge in [-0.2, -0.15) is 0 Å². The van der Waals surface area contributed by atoms with Gasteiger partial charge in [0.2, 0.25) is 0 Å². The van der Waals surface area contributed by atoms with Crippen LogP contribution in [-0.4, -0.2) is 36.9 Å². The molecule has 156 valence electrons. The summed E-state index contributed by atoms with van der Waals surface area (Å²) in [4.78, 5) is 22.0. The number of thioether (sulfide) groups is 1. The van der Waals surface area contributed by atoms with E-state index in [2.05, 4.69) is 25.6 Å². The lowest BCUT2D eigenvalue weighted by atomic mass is 10.2. The van der Waals surface area contributed by atoms with Gasteiger partial charge >= 0.3 is 0 Å². The number of aromatic nitrogens is 5. The third kappa shape index (κ3) is 4.70. The van der Waals surface area contributed by atoms with E-state index in [0.29, 0.717) is 16.6 Å². The van der Waals surface area contributed by atoms with E-state index in [4.69, 9.17) is 0 Å². The third-order valence-corrected chi connectivity index (χ3v) is 6.11. The lowest BCUT2D eigenvalue weighted by molar-refractivity contribution is 0.0932. The SMILES string of the molecule is Cc1ccc(-n2nnc(C(=O)NC3CCCC3)c2CSc2nc(C)cc(C)n2)cc1. The first kappa shape index (κ1) is 20.5. The van der Waals surface area contributed by atoms with E-state index in [9.17, 15) is 4.79 Å². The summed E-state index contributed by atoms with van der Waals surface area (Å²) in [6.07, 6.45) is 4.37. The molecule has 4 rings (SSSR count). The van der Waals surface area contributed by atoms with E-state index >= 15 is 0 Å². The fourth-order valence-electron chi connectivity index (χ4n) is 3.72. The van der Waals surface area contributed by atoms with Crippen LogP contribution in [0.2, 0.25) is 0 Å². The van der Waals surface area contributed by atoms with E-state index in [1.54, 1.807) is 4.68 Å². The summed E-state index contributed by atoms with van der Waals surface area (Å²) in [6.45, 7) is 5.95. The molecule has 2 heterocycles. The van der Waals surface area contributed by atoms with Gasteiger partial charge in [0.05, 0.1) is 11.4 Å². The fourth-order valence-corrected chi connectivity index (χ4v) is 4.66. The molecule has 0 saturated heterocycles. The molecule has 0 spiro atoms. The maximum absolute atomic E-state index is 13.0. The highest BCUT2D eigenvalue weighted by Crippen LogP contribution is 2.25. The van der Waals surface area contributed by atoms with Gasteiger partial charge < -0.3 is 5.32 Å². The van der Waals surface area contributed by atoms with Crippen LogP contribution < -0.4 is 5.32 Å². The fraction of sp³-hybridized carbons (Fsp3) is 0.409. The van der Waals surface area contributed by atoms with Crippen LogP contribution in [-0.2, 0) is 5.75 Å². The largest absolute Gasteiger partial charge is 0.348 e. The quantitative estimate of drug-likeness (QED) is 0.478. The summed E-state index contributed by atoms with van der Waals surface area (Å²) in [6, 6.07) is 10.2. The van der Waals surface area contributed by atoms with Crippen molar-refractivity contribution in [3.63, 3.8) is 0 Å². The van der Waals surface area contributed by atoms with E-state index in [0.717, 1.165) is 54.0 Å². The molecule has 0 atom stereocenters. The monoisotopic (exact) mass is 422 g/mol. The van der Waals surface area contributed by atoms with Crippen molar-refractivity contribution in [2.24, 2.45) is 0 Å². The van der Waals surface area contributed by atoms with Gasteiger partial charge in [-0.05, 0) is 51.8 Å². The van der Waals surface area contributed by atoms with Gasteiger partial charge in [-0.15, -0.1) is 5.10 Å².